The molecule has 0 spiro atoms. The second-order valence-corrected chi connectivity index (χ2v) is 6.29. The molecule has 2 nitrogen and oxygen atoms in total. The van der Waals surface area contributed by atoms with Gasteiger partial charge in [0.15, 0.2) is 0 Å². The zero-order valence-corrected chi connectivity index (χ0v) is 13.5. The molecule has 0 aliphatic carbocycles. The molecule has 0 aliphatic heterocycles. The van der Waals surface area contributed by atoms with Gasteiger partial charge in [-0.05, 0) is 60.3 Å². The number of fused-ring (bicyclic) bond motifs is 1. The van der Waals surface area contributed by atoms with Gasteiger partial charge < -0.3 is 4.74 Å². The van der Waals surface area contributed by atoms with Crippen molar-refractivity contribution in [2.75, 3.05) is 6.61 Å². The van der Waals surface area contributed by atoms with Gasteiger partial charge in [-0.2, -0.15) is 13.2 Å². The molecule has 0 unspecified atom stereocenters. The van der Waals surface area contributed by atoms with Gasteiger partial charge in [0.2, 0.25) is 0 Å². The molecule has 3 aromatic rings. The molecule has 124 valence electrons. The summed E-state index contributed by atoms with van der Waals surface area (Å²) in [5.74, 6) is 0.561. The lowest BCUT2D eigenvalue weighted by Gasteiger charge is -2.06. The SMILES string of the molecule is CCOc1cc(C=O)cc(-c2cc3cc(C(F)(F)F)ccc3s2)c1. The Hall–Kier alpha value is -2.34. The monoisotopic (exact) mass is 350 g/mol. The van der Waals surface area contributed by atoms with E-state index in [2.05, 4.69) is 0 Å². The van der Waals surface area contributed by atoms with Crippen LogP contribution in [0.3, 0.4) is 0 Å². The van der Waals surface area contributed by atoms with Crippen LogP contribution in [-0.2, 0) is 6.18 Å². The highest BCUT2D eigenvalue weighted by Crippen LogP contribution is 2.38. The van der Waals surface area contributed by atoms with E-state index >= 15 is 0 Å². The van der Waals surface area contributed by atoms with E-state index in [0.717, 1.165) is 33.6 Å². The van der Waals surface area contributed by atoms with Crippen molar-refractivity contribution in [3.8, 4) is 16.2 Å². The third-order valence-corrected chi connectivity index (χ3v) is 4.67. The van der Waals surface area contributed by atoms with Crippen molar-refractivity contribution in [1.29, 1.82) is 0 Å². The summed E-state index contributed by atoms with van der Waals surface area (Å²) in [4.78, 5) is 11.9. The van der Waals surface area contributed by atoms with E-state index in [1.165, 1.54) is 17.4 Å². The first-order valence-corrected chi connectivity index (χ1v) is 8.06. The molecule has 6 heteroatoms. The number of ether oxygens (including phenoxy) is 1. The number of alkyl halides is 3. The number of carbonyl (C=O) groups excluding carboxylic acids is 1. The molecule has 0 bridgehead atoms. The Morgan fingerprint density at radius 1 is 1.12 bits per heavy atom. The fraction of sp³-hybridized carbons (Fsp3) is 0.167. The van der Waals surface area contributed by atoms with Crippen LogP contribution in [0.15, 0.2) is 42.5 Å². The van der Waals surface area contributed by atoms with Crippen LogP contribution in [-0.4, -0.2) is 12.9 Å². The largest absolute Gasteiger partial charge is 0.494 e. The summed E-state index contributed by atoms with van der Waals surface area (Å²) in [6.45, 7) is 2.30. The van der Waals surface area contributed by atoms with Gasteiger partial charge in [0, 0.05) is 15.1 Å². The second-order valence-electron chi connectivity index (χ2n) is 5.20. The van der Waals surface area contributed by atoms with Crippen molar-refractivity contribution in [3.05, 3.63) is 53.6 Å². The highest BCUT2D eigenvalue weighted by atomic mass is 32.1. The molecule has 0 radical (unpaired) electrons. The van der Waals surface area contributed by atoms with Gasteiger partial charge in [0.25, 0.3) is 0 Å². The van der Waals surface area contributed by atoms with Crippen molar-refractivity contribution < 1.29 is 22.7 Å². The summed E-state index contributed by atoms with van der Waals surface area (Å²) >= 11 is 1.38. The average molecular weight is 350 g/mol. The van der Waals surface area contributed by atoms with Gasteiger partial charge in [0.1, 0.15) is 12.0 Å². The van der Waals surface area contributed by atoms with E-state index in [1.54, 1.807) is 24.3 Å². The topological polar surface area (TPSA) is 26.3 Å². The predicted molar refractivity (Wildman–Crippen MR) is 88.8 cm³/mol. The molecule has 0 saturated heterocycles. The fourth-order valence-electron chi connectivity index (χ4n) is 2.44. The lowest BCUT2D eigenvalue weighted by atomic mass is 10.1. The number of hydrogen-bond acceptors (Lipinski definition) is 3. The van der Waals surface area contributed by atoms with Crippen molar-refractivity contribution in [2.45, 2.75) is 13.1 Å². The number of halogens is 3. The van der Waals surface area contributed by atoms with Crippen molar-refractivity contribution in [2.24, 2.45) is 0 Å². The van der Waals surface area contributed by atoms with Gasteiger partial charge in [0.05, 0.1) is 12.2 Å². The van der Waals surface area contributed by atoms with Crippen molar-refractivity contribution in [1.82, 2.24) is 0 Å². The van der Waals surface area contributed by atoms with E-state index in [1.807, 2.05) is 6.92 Å². The molecule has 2 aromatic carbocycles. The molecule has 0 amide bonds. The maximum atomic E-state index is 12.8. The Bertz CT molecular complexity index is 897. The molecular formula is C18H13F3O2S. The van der Waals surface area contributed by atoms with Gasteiger partial charge in [-0.3, -0.25) is 4.79 Å². The molecule has 0 aliphatic rings. The van der Waals surface area contributed by atoms with E-state index in [4.69, 9.17) is 4.74 Å². The van der Waals surface area contributed by atoms with E-state index in [0.29, 0.717) is 23.3 Å². The number of thiophene rings is 1. The highest BCUT2D eigenvalue weighted by Gasteiger charge is 2.30. The number of aldehydes is 1. The molecule has 1 heterocycles. The molecular weight excluding hydrogens is 337 g/mol. The Kier molecular flexibility index (Phi) is 4.32. The quantitative estimate of drug-likeness (QED) is 0.556. The average Bonchev–Trinajstić information content (AvgIpc) is 2.97. The first-order chi connectivity index (χ1) is 11.4. The Morgan fingerprint density at radius 2 is 1.92 bits per heavy atom. The van der Waals surface area contributed by atoms with Crippen molar-refractivity contribution >= 4 is 27.7 Å². The maximum Gasteiger partial charge on any atom is 0.416 e. The zero-order valence-electron chi connectivity index (χ0n) is 12.7. The predicted octanol–water partition coefficient (Wildman–Crippen LogP) is 5.80. The van der Waals surface area contributed by atoms with E-state index in [9.17, 15) is 18.0 Å². The second kappa shape index (κ2) is 6.28. The minimum atomic E-state index is -4.37. The van der Waals surface area contributed by atoms with E-state index < -0.39 is 11.7 Å². The Morgan fingerprint density at radius 3 is 2.58 bits per heavy atom. The molecule has 1 aromatic heterocycles. The van der Waals surface area contributed by atoms with Gasteiger partial charge in [-0.25, -0.2) is 0 Å². The summed E-state index contributed by atoms with van der Waals surface area (Å²) in [7, 11) is 0. The van der Waals surface area contributed by atoms with Crippen LogP contribution in [0.4, 0.5) is 13.2 Å². The maximum absolute atomic E-state index is 12.8. The lowest BCUT2D eigenvalue weighted by molar-refractivity contribution is -0.137. The summed E-state index contributed by atoms with van der Waals surface area (Å²) < 4.78 is 44.7. The molecule has 3 rings (SSSR count). The standard InChI is InChI=1S/C18H13F3O2S/c1-2-23-15-6-11(10-22)5-12(8-15)17-9-13-7-14(18(19,20)21)3-4-16(13)24-17/h3-10H,2H2,1H3. The number of carbonyl (C=O) groups is 1. The van der Waals surface area contributed by atoms with Crippen LogP contribution in [0.5, 0.6) is 5.75 Å². The van der Waals surface area contributed by atoms with E-state index in [-0.39, 0.29) is 0 Å². The summed E-state index contributed by atoms with van der Waals surface area (Å²) in [5.41, 5.74) is 0.540. The van der Waals surface area contributed by atoms with Crippen LogP contribution in [0.1, 0.15) is 22.8 Å². The molecule has 0 fully saturated rings. The van der Waals surface area contributed by atoms with Crippen LogP contribution in [0, 0.1) is 0 Å². The van der Waals surface area contributed by atoms with Crippen LogP contribution in [0.25, 0.3) is 20.5 Å². The fourth-order valence-corrected chi connectivity index (χ4v) is 3.47. The summed E-state index contributed by atoms with van der Waals surface area (Å²) in [5, 5.41) is 0.527. The van der Waals surface area contributed by atoms with Crippen LogP contribution >= 0.6 is 11.3 Å². The van der Waals surface area contributed by atoms with Gasteiger partial charge >= 0.3 is 6.18 Å². The number of rotatable bonds is 4. The Labute approximate surface area is 140 Å². The minimum absolute atomic E-state index is 0.461. The molecule has 24 heavy (non-hydrogen) atoms. The lowest BCUT2D eigenvalue weighted by Crippen LogP contribution is -2.03. The third-order valence-electron chi connectivity index (χ3n) is 3.50. The molecule has 0 N–H and O–H groups in total. The highest BCUT2D eigenvalue weighted by molar-refractivity contribution is 7.22. The molecule has 0 saturated carbocycles. The van der Waals surface area contributed by atoms with Crippen LogP contribution < -0.4 is 4.74 Å². The Balaban J connectivity index is 2.09. The minimum Gasteiger partial charge on any atom is -0.494 e. The number of benzene rings is 2. The van der Waals surface area contributed by atoms with Crippen molar-refractivity contribution in [3.63, 3.8) is 0 Å². The first-order valence-electron chi connectivity index (χ1n) is 7.25. The van der Waals surface area contributed by atoms with Gasteiger partial charge in [-0.15, -0.1) is 11.3 Å². The van der Waals surface area contributed by atoms with Crippen LogP contribution in [0.2, 0.25) is 0 Å². The summed E-state index contributed by atoms with van der Waals surface area (Å²) in [6.07, 6.45) is -3.64. The molecule has 0 atom stereocenters. The van der Waals surface area contributed by atoms with Gasteiger partial charge in [-0.1, -0.05) is 0 Å². The zero-order chi connectivity index (χ0) is 17.3. The number of hydrogen-bond donors (Lipinski definition) is 0. The first kappa shape index (κ1) is 16.5. The summed E-state index contributed by atoms with van der Waals surface area (Å²) in [6, 6.07) is 10.5. The normalized spacial score (nSPS) is 11.7. The smallest absolute Gasteiger partial charge is 0.416 e. The third kappa shape index (κ3) is 3.28.